The second kappa shape index (κ2) is 47.0. The van der Waals surface area contributed by atoms with Crippen LogP contribution in [-0.4, -0.2) is 218 Å². The van der Waals surface area contributed by atoms with Gasteiger partial charge in [0, 0.05) is 171 Å². The van der Waals surface area contributed by atoms with Crippen molar-refractivity contribution in [2.45, 2.75) is 189 Å². The third-order valence-corrected chi connectivity index (χ3v) is 22.9. The summed E-state index contributed by atoms with van der Waals surface area (Å²) in [5, 5.41) is 3.59. The van der Waals surface area contributed by atoms with Gasteiger partial charge in [0.25, 0.3) is 0 Å². The number of esters is 3. The molecule has 0 saturated carbocycles. The Morgan fingerprint density at radius 1 is 0.468 bits per heavy atom. The highest BCUT2D eigenvalue weighted by Gasteiger charge is 2.33. The zero-order valence-corrected chi connectivity index (χ0v) is 68.7. The van der Waals surface area contributed by atoms with E-state index in [2.05, 4.69) is 156 Å². The normalized spacial score (nSPS) is 19.2. The quantitative estimate of drug-likeness (QED) is 0.0302. The molecule has 4 fully saturated rings. The van der Waals surface area contributed by atoms with Gasteiger partial charge in [-0.1, -0.05) is 88.9 Å². The van der Waals surface area contributed by atoms with Gasteiger partial charge in [-0.25, -0.2) is 9.59 Å². The molecule has 3 unspecified atom stereocenters. The minimum atomic E-state index is -0.385. The summed E-state index contributed by atoms with van der Waals surface area (Å²) >= 11 is 0. The first-order chi connectivity index (χ1) is 54.1. The Bertz CT molecular complexity index is 3660. The van der Waals surface area contributed by atoms with Crippen molar-refractivity contribution in [1.82, 2.24) is 29.8 Å². The number of rotatable bonds is 26. The lowest BCUT2D eigenvalue weighted by atomic mass is 9.86. The maximum Gasteiger partial charge on any atom is 0.410 e. The first kappa shape index (κ1) is 87.1. The Labute approximate surface area is 665 Å². The zero-order chi connectivity index (χ0) is 78.7. The predicted molar refractivity (Wildman–Crippen MR) is 451 cm³/mol. The summed E-state index contributed by atoms with van der Waals surface area (Å²) in [6.07, 6.45) is 19.0. The summed E-state index contributed by atoms with van der Waals surface area (Å²) in [6, 6.07) is 37.4. The predicted octanol–water partition coefficient (Wildman–Crippen LogP) is 14.4. The molecular formula is C91H135N11O9. The summed E-state index contributed by atoms with van der Waals surface area (Å²) in [6.45, 7) is 42.6. The Kier molecular flexibility index (Phi) is 36.9. The number of nitrogens with two attached hydrogens (primary N) is 1. The van der Waals surface area contributed by atoms with E-state index in [-0.39, 0.29) is 55.7 Å². The van der Waals surface area contributed by atoms with Crippen molar-refractivity contribution in [1.29, 1.82) is 0 Å². The number of hydrogen-bond acceptors (Lipinski definition) is 19. The molecule has 5 aromatic rings. The third kappa shape index (κ3) is 26.9. The molecule has 3 atom stereocenters. The molecule has 3 N–H and O–H groups in total. The number of amides is 1. The number of nitrogens with zero attached hydrogens (tertiary/aromatic N) is 9. The summed E-state index contributed by atoms with van der Waals surface area (Å²) in [7, 11) is 0. The van der Waals surface area contributed by atoms with Gasteiger partial charge in [0.15, 0.2) is 5.78 Å². The highest BCUT2D eigenvalue weighted by atomic mass is 16.6. The number of fused-ring (bicyclic) bond motifs is 4. The number of piperazine rings is 4. The number of anilines is 4. The van der Waals surface area contributed by atoms with Gasteiger partial charge in [-0.05, 0) is 236 Å². The lowest BCUT2D eigenvalue weighted by Crippen LogP contribution is -2.46. The van der Waals surface area contributed by atoms with Crippen LogP contribution in [0.15, 0.2) is 116 Å². The molecule has 8 aliphatic rings. The molecule has 111 heavy (non-hydrogen) atoms. The van der Waals surface area contributed by atoms with Crippen LogP contribution < -0.4 is 30.7 Å². The SMILES string of the molecule is C=CC(=O)OCC.CCCN1CCN(c2ccc3c(c2)C(=O)CCC3)CC1.CCCN1CCN(c2ccc3c(c2)C(N(CCC(=O)OCC)C(=O)OCc2ccccc2)CCC3)CC1.CCCN1CCN(c2ccc3c(c2)C(N)CCC3)CC1.CCCN1CCN(c2ccc3c(c2)C(NCCC(=O)OCC)CCC3)CC1. The van der Waals surface area contributed by atoms with Crippen LogP contribution in [-0.2, 0) is 65.6 Å². The van der Waals surface area contributed by atoms with Crippen molar-refractivity contribution < 1.29 is 42.9 Å². The molecule has 4 aliphatic carbocycles. The molecule has 0 aromatic heterocycles. The molecule has 608 valence electrons. The van der Waals surface area contributed by atoms with E-state index in [0.29, 0.717) is 44.6 Å². The Balaban J connectivity index is 0.000000170. The van der Waals surface area contributed by atoms with Crippen molar-refractivity contribution in [2.75, 3.05) is 183 Å². The average Bonchev–Trinajstić information content (AvgIpc) is 0.772. The second-order valence-electron chi connectivity index (χ2n) is 30.7. The van der Waals surface area contributed by atoms with Gasteiger partial charge in [-0.2, -0.15) is 0 Å². The highest BCUT2D eigenvalue weighted by Crippen LogP contribution is 2.39. The number of ether oxygens (including phenoxy) is 4. The highest BCUT2D eigenvalue weighted by molar-refractivity contribution is 5.99. The number of benzene rings is 5. The molecule has 0 radical (unpaired) electrons. The summed E-state index contributed by atoms with van der Waals surface area (Å²) in [4.78, 5) is 81.2. The maximum absolute atomic E-state index is 13.4. The largest absolute Gasteiger partial charge is 0.466 e. The number of Topliss-reactive ketones (excluding diaryl/α,β-unsaturated/α-hetero) is 1. The lowest BCUT2D eigenvalue weighted by molar-refractivity contribution is -0.144. The zero-order valence-electron chi connectivity index (χ0n) is 68.7. The van der Waals surface area contributed by atoms with Gasteiger partial charge in [0.1, 0.15) is 6.61 Å². The number of hydrogen-bond donors (Lipinski definition) is 2. The van der Waals surface area contributed by atoms with Crippen molar-refractivity contribution in [3.8, 4) is 0 Å². The molecule has 0 spiro atoms. The summed E-state index contributed by atoms with van der Waals surface area (Å²) in [5.41, 5.74) is 22.8. The van der Waals surface area contributed by atoms with E-state index in [9.17, 15) is 24.0 Å². The van der Waals surface area contributed by atoms with Gasteiger partial charge < -0.3 is 54.5 Å². The topological polar surface area (TPSA) is 189 Å². The van der Waals surface area contributed by atoms with E-state index in [1.165, 1.54) is 139 Å². The van der Waals surface area contributed by atoms with Crippen LogP contribution in [0.2, 0.25) is 0 Å². The van der Waals surface area contributed by atoms with E-state index in [4.69, 9.17) is 19.9 Å². The molecule has 4 aliphatic heterocycles. The van der Waals surface area contributed by atoms with Gasteiger partial charge >= 0.3 is 24.0 Å². The Morgan fingerprint density at radius 2 is 0.892 bits per heavy atom. The van der Waals surface area contributed by atoms with E-state index in [0.717, 1.165) is 173 Å². The second-order valence-corrected chi connectivity index (χ2v) is 30.7. The molecular weight excluding hydrogens is 1390 g/mol. The minimum absolute atomic E-state index is 0.111. The van der Waals surface area contributed by atoms with Crippen LogP contribution in [0.4, 0.5) is 27.5 Å². The van der Waals surface area contributed by atoms with Crippen LogP contribution in [0.5, 0.6) is 0 Å². The van der Waals surface area contributed by atoms with Crippen LogP contribution >= 0.6 is 0 Å². The Hall–Kier alpha value is -7.85. The van der Waals surface area contributed by atoms with Crippen LogP contribution in [0.25, 0.3) is 0 Å². The fourth-order valence-electron chi connectivity index (χ4n) is 16.9. The molecule has 1 amide bonds. The van der Waals surface area contributed by atoms with Gasteiger partial charge in [0.05, 0.1) is 38.7 Å². The lowest BCUT2D eigenvalue weighted by Gasteiger charge is -2.38. The van der Waals surface area contributed by atoms with E-state index in [1.807, 2.05) is 37.3 Å². The van der Waals surface area contributed by atoms with Crippen molar-refractivity contribution >= 4 is 52.5 Å². The molecule has 20 nitrogen and oxygen atoms in total. The van der Waals surface area contributed by atoms with Crippen LogP contribution in [0.1, 0.15) is 211 Å². The molecule has 5 aromatic carbocycles. The Morgan fingerprint density at radius 3 is 1.37 bits per heavy atom. The van der Waals surface area contributed by atoms with E-state index in [1.54, 1.807) is 18.7 Å². The number of carbonyl (C=O) groups is 5. The molecule has 13 rings (SSSR count). The number of ketones is 1. The molecule has 0 bridgehead atoms. The monoisotopic (exact) mass is 1530 g/mol. The first-order valence-corrected chi connectivity index (χ1v) is 42.7. The fraction of sp³-hybridized carbons (Fsp3) is 0.593. The minimum Gasteiger partial charge on any atom is -0.466 e. The molecule has 4 saturated heterocycles. The van der Waals surface area contributed by atoms with Gasteiger partial charge in [-0.3, -0.25) is 34.0 Å². The van der Waals surface area contributed by atoms with Crippen LogP contribution in [0, 0.1) is 0 Å². The first-order valence-electron chi connectivity index (χ1n) is 42.7. The number of carbonyl (C=O) groups excluding carboxylic acids is 5. The van der Waals surface area contributed by atoms with Crippen molar-refractivity contribution in [3.05, 3.63) is 166 Å². The maximum atomic E-state index is 13.4. The van der Waals surface area contributed by atoms with E-state index < -0.39 is 0 Å². The van der Waals surface area contributed by atoms with E-state index >= 15 is 0 Å². The smallest absolute Gasteiger partial charge is 0.410 e. The van der Waals surface area contributed by atoms with Crippen LogP contribution in [0.3, 0.4) is 0 Å². The molecule has 20 heteroatoms. The third-order valence-electron chi connectivity index (χ3n) is 22.9. The summed E-state index contributed by atoms with van der Waals surface area (Å²) in [5.74, 6) is -0.432. The number of aryl methyl sites for hydroxylation is 4. The van der Waals surface area contributed by atoms with Gasteiger partial charge in [0.2, 0.25) is 0 Å². The standard InChI is InChI=1S/C30H41N3O4.C22H35N3O2.C17H27N3.C17H24N2O.C5H8O2/c1-3-16-31-18-20-32(21-19-31)26-14-13-25-11-8-12-28(27(25)22-26)33(17-15-29(34)36-4-2)30(35)37-23-24-9-6-5-7-10-24;1-3-12-24-13-15-25(16-14-24)19-9-8-18-6-5-7-21(20(18)17-19)23-11-10-22(26)27-4-2;1-2-8-19-9-11-20(12-10-19)15-7-6-14-4-3-5-17(18)16(14)13-15;1-2-8-18-9-11-19(12-10-18)15-7-6-14-4-3-5-17(20)16(14)13-15;1-3-5(6)7-4-2/h5-7,9-10,13-14,22,28H,3-4,8,11-12,15-21,23H2,1-2H3;8-9,17,21,23H,3-7,10-16H2,1-2H3;6-7,13,17H,2-5,8-12,18H2,1H3;6-7,13H,2-5,8-12H2,1H3;3H,1,4H2,2H3. The average molecular weight is 1530 g/mol. The number of nitrogens with one attached hydrogen (secondary N) is 1. The molecule has 4 heterocycles. The fourth-order valence-corrected chi connectivity index (χ4v) is 16.9. The summed E-state index contributed by atoms with van der Waals surface area (Å²) < 4.78 is 20.4. The van der Waals surface area contributed by atoms with Gasteiger partial charge in [-0.15, -0.1) is 0 Å². The van der Waals surface area contributed by atoms with Crippen molar-refractivity contribution in [2.24, 2.45) is 5.73 Å². The van der Waals surface area contributed by atoms with Crippen molar-refractivity contribution in [3.63, 3.8) is 0 Å².